The molecule has 4 heterocycles. The van der Waals surface area contributed by atoms with Crippen molar-refractivity contribution >= 4 is 23.3 Å². The average Bonchev–Trinajstić information content (AvgIpc) is 3.41. The van der Waals surface area contributed by atoms with Crippen molar-refractivity contribution in [2.45, 2.75) is 12.8 Å². The van der Waals surface area contributed by atoms with E-state index in [1.54, 1.807) is 19.4 Å². The van der Waals surface area contributed by atoms with Crippen LogP contribution in [0.5, 0.6) is 17.2 Å². The van der Waals surface area contributed by atoms with Gasteiger partial charge in [0.25, 0.3) is 0 Å². The van der Waals surface area contributed by atoms with Crippen LogP contribution in [0.1, 0.15) is 24.1 Å². The predicted molar refractivity (Wildman–Crippen MR) is 134 cm³/mol. The van der Waals surface area contributed by atoms with Gasteiger partial charge in [0.15, 0.2) is 23.1 Å². The normalized spacial score (nSPS) is 16.5. The van der Waals surface area contributed by atoms with E-state index in [1.165, 1.54) is 6.26 Å². The molecule has 1 amide bonds. The number of rotatable bonds is 9. The quantitative estimate of drug-likeness (QED) is 0.393. The number of carbonyl (C=O) groups excluding carboxylic acids is 1. The molecule has 0 radical (unpaired) electrons. The minimum atomic E-state index is 0.126. The highest BCUT2D eigenvalue weighted by Crippen LogP contribution is 2.44. The second kappa shape index (κ2) is 10.8. The van der Waals surface area contributed by atoms with Crippen molar-refractivity contribution in [3.05, 3.63) is 54.6 Å². The number of aliphatic imine (C=N–C) groups is 2. The highest BCUT2D eigenvalue weighted by Gasteiger charge is 2.34. The molecule has 0 aliphatic carbocycles. The highest BCUT2D eigenvalue weighted by atomic mass is 16.5. The number of morpholine rings is 1. The lowest BCUT2D eigenvalue weighted by Crippen LogP contribution is -2.40. The zero-order chi connectivity index (χ0) is 24.9. The first-order chi connectivity index (χ1) is 17.7. The first kappa shape index (κ1) is 23.8. The van der Waals surface area contributed by atoms with Gasteiger partial charge in [0.1, 0.15) is 17.2 Å². The summed E-state index contributed by atoms with van der Waals surface area (Å²) in [4.78, 5) is 30.5. The number of hydrogen-bond acceptors (Lipinski definition) is 9. The maximum Gasteiger partial charge on any atom is 0.222 e. The van der Waals surface area contributed by atoms with Gasteiger partial charge in [-0.3, -0.25) is 9.79 Å². The van der Waals surface area contributed by atoms with Gasteiger partial charge in [-0.15, -0.1) is 0 Å². The van der Waals surface area contributed by atoms with Crippen LogP contribution < -0.4 is 14.2 Å². The lowest BCUT2D eigenvalue weighted by atomic mass is 10.1. The minimum absolute atomic E-state index is 0.126. The van der Waals surface area contributed by atoms with Crippen molar-refractivity contribution in [2.24, 2.45) is 9.98 Å². The van der Waals surface area contributed by atoms with E-state index in [2.05, 4.69) is 11.6 Å². The summed E-state index contributed by atoms with van der Waals surface area (Å²) in [6.45, 7) is 7.87. The van der Waals surface area contributed by atoms with Crippen LogP contribution in [0.3, 0.4) is 0 Å². The molecule has 1 saturated heterocycles. The van der Waals surface area contributed by atoms with E-state index in [9.17, 15) is 4.79 Å². The number of fused-ring (bicyclic) bond motifs is 3. The Morgan fingerprint density at radius 1 is 1.17 bits per heavy atom. The Morgan fingerprint density at radius 3 is 2.83 bits per heavy atom. The molecule has 1 aromatic heterocycles. The molecule has 1 fully saturated rings. The number of pyridine rings is 1. The number of ether oxygens (including phenoxy) is 4. The zero-order valence-electron chi connectivity index (χ0n) is 20.3. The van der Waals surface area contributed by atoms with Crippen LogP contribution in [0, 0.1) is 0 Å². The SMILES string of the molecule is C=COc1cccnc1C1=Nc2c(ccc(OCCCC(=O)N3CCOCC3)c2OC)C2=NCCN21. The van der Waals surface area contributed by atoms with Crippen molar-refractivity contribution in [2.75, 3.05) is 53.1 Å². The van der Waals surface area contributed by atoms with E-state index in [4.69, 9.17) is 28.9 Å². The van der Waals surface area contributed by atoms with Crippen molar-refractivity contribution in [3.63, 3.8) is 0 Å². The first-order valence-electron chi connectivity index (χ1n) is 12.0. The second-order valence-corrected chi connectivity index (χ2v) is 8.37. The van der Waals surface area contributed by atoms with Gasteiger partial charge in [-0.25, -0.2) is 9.98 Å². The number of hydrogen-bond donors (Lipinski definition) is 0. The maximum atomic E-state index is 12.4. The highest BCUT2D eigenvalue weighted by molar-refractivity contribution is 6.21. The lowest BCUT2D eigenvalue weighted by molar-refractivity contribution is -0.135. The summed E-state index contributed by atoms with van der Waals surface area (Å²) in [5.74, 6) is 3.20. The van der Waals surface area contributed by atoms with Gasteiger partial charge in [-0.05, 0) is 30.7 Å². The molecule has 0 bridgehead atoms. The molecule has 0 N–H and O–H groups in total. The second-order valence-electron chi connectivity index (χ2n) is 8.37. The first-order valence-corrected chi connectivity index (χ1v) is 12.0. The van der Waals surface area contributed by atoms with Crippen LogP contribution in [-0.4, -0.2) is 85.5 Å². The summed E-state index contributed by atoms with van der Waals surface area (Å²) in [6.07, 6.45) is 4.09. The van der Waals surface area contributed by atoms with Crippen molar-refractivity contribution in [1.29, 1.82) is 0 Å². The summed E-state index contributed by atoms with van der Waals surface area (Å²) in [5.41, 5.74) is 2.08. The Labute approximate surface area is 209 Å². The molecule has 2 aromatic rings. The summed E-state index contributed by atoms with van der Waals surface area (Å²) < 4.78 is 22.7. The fraction of sp³-hybridized carbons (Fsp3) is 0.385. The number of aromatic nitrogens is 1. The molecule has 3 aliphatic heterocycles. The Bertz CT molecular complexity index is 1210. The third-order valence-corrected chi connectivity index (χ3v) is 6.20. The van der Waals surface area contributed by atoms with E-state index in [1.807, 2.05) is 28.0 Å². The predicted octanol–water partition coefficient (Wildman–Crippen LogP) is 2.78. The summed E-state index contributed by atoms with van der Waals surface area (Å²) >= 11 is 0. The standard InChI is InChI=1S/C26H29N5O5/c1-3-35-19-6-4-10-27-23(19)26-29-22-18(25-28-11-12-31(25)26)8-9-20(24(22)33-2)36-15-5-7-21(32)30-13-16-34-17-14-30/h3-4,6,8-10H,1,5,7,11-17H2,2H3. The van der Waals surface area contributed by atoms with E-state index in [-0.39, 0.29) is 5.91 Å². The van der Waals surface area contributed by atoms with Gasteiger partial charge in [-0.1, -0.05) is 6.58 Å². The Kier molecular flexibility index (Phi) is 7.13. The van der Waals surface area contributed by atoms with Crippen LogP contribution in [0.4, 0.5) is 5.69 Å². The Morgan fingerprint density at radius 2 is 2.03 bits per heavy atom. The number of amides is 1. The van der Waals surface area contributed by atoms with Gasteiger partial charge in [0.05, 0.1) is 39.7 Å². The summed E-state index contributed by atoms with van der Waals surface area (Å²) in [6, 6.07) is 7.44. The Hall–Kier alpha value is -3.92. The maximum absolute atomic E-state index is 12.4. The van der Waals surface area contributed by atoms with E-state index >= 15 is 0 Å². The van der Waals surface area contributed by atoms with E-state index in [0.29, 0.717) is 93.3 Å². The average molecular weight is 492 g/mol. The number of methoxy groups -OCH3 is 1. The molecule has 0 unspecified atom stereocenters. The molecule has 10 heteroatoms. The molecular formula is C26H29N5O5. The monoisotopic (exact) mass is 491 g/mol. The molecule has 0 spiro atoms. The topological polar surface area (TPSA) is 98.1 Å². The van der Waals surface area contributed by atoms with Crippen molar-refractivity contribution in [1.82, 2.24) is 14.8 Å². The van der Waals surface area contributed by atoms with Crippen LogP contribution in [0.2, 0.25) is 0 Å². The molecular weight excluding hydrogens is 462 g/mol. The van der Waals surface area contributed by atoms with Gasteiger partial charge in [-0.2, -0.15) is 0 Å². The fourth-order valence-corrected chi connectivity index (χ4v) is 4.51. The third kappa shape index (κ3) is 4.64. The van der Waals surface area contributed by atoms with Crippen LogP contribution >= 0.6 is 0 Å². The number of nitrogens with zero attached hydrogens (tertiary/aromatic N) is 5. The fourth-order valence-electron chi connectivity index (χ4n) is 4.51. The smallest absolute Gasteiger partial charge is 0.222 e. The molecule has 0 atom stereocenters. The van der Waals surface area contributed by atoms with Crippen LogP contribution in [0.25, 0.3) is 0 Å². The largest absolute Gasteiger partial charge is 0.491 e. The minimum Gasteiger partial charge on any atom is -0.491 e. The molecule has 5 rings (SSSR count). The summed E-state index contributed by atoms with van der Waals surface area (Å²) in [5, 5.41) is 0. The van der Waals surface area contributed by atoms with Crippen LogP contribution in [0.15, 0.2) is 53.3 Å². The molecule has 10 nitrogen and oxygen atoms in total. The van der Waals surface area contributed by atoms with Gasteiger partial charge >= 0.3 is 0 Å². The third-order valence-electron chi connectivity index (χ3n) is 6.20. The van der Waals surface area contributed by atoms with Gasteiger partial charge in [0, 0.05) is 37.8 Å². The molecule has 0 saturated carbocycles. The van der Waals surface area contributed by atoms with Crippen molar-refractivity contribution < 1.29 is 23.7 Å². The number of carbonyl (C=O) groups is 1. The zero-order valence-corrected chi connectivity index (χ0v) is 20.3. The molecule has 1 aromatic carbocycles. The Balaban J connectivity index is 1.39. The lowest BCUT2D eigenvalue weighted by Gasteiger charge is -2.29. The van der Waals surface area contributed by atoms with Crippen molar-refractivity contribution in [3.8, 4) is 17.2 Å². The number of amidine groups is 2. The molecule has 3 aliphatic rings. The molecule has 36 heavy (non-hydrogen) atoms. The van der Waals surface area contributed by atoms with Crippen LogP contribution in [-0.2, 0) is 9.53 Å². The van der Waals surface area contributed by atoms with Gasteiger partial charge in [0.2, 0.25) is 5.91 Å². The number of benzene rings is 1. The van der Waals surface area contributed by atoms with E-state index < -0.39 is 0 Å². The molecule has 188 valence electrons. The van der Waals surface area contributed by atoms with Gasteiger partial charge < -0.3 is 28.7 Å². The van der Waals surface area contributed by atoms with E-state index in [0.717, 1.165) is 11.4 Å². The summed E-state index contributed by atoms with van der Waals surface area (Å²) in [7, 11) is 1.59.